The van der Waals surface area contributed by atoms with Gasteiger partial charge in [0.05, 0.1) is 0 Å². The molecule has 0 saturated carbocycles. The zero-order valence-corrected chi connectivity index (χ0v) is 6.48. The molecule has 0 amide bonds. The average molecular weight is 156 g/mol. The lowest BCUT2D eigenvalue weighted by Gasteiger charge is -2.14. The summed E-state index contributed by atoms with van der Waals surface area (Å²) in [7, 11) is 0. The van der Waals surface area contributed by atoms with Crippen molar-refractivity contribution in [1.82, 2.24) is 14.9 Å². The topological polar surface area (TPSA) is 42.7 Å². The van der Waals surface area contributed by atoms with E-state index in [0.29, 0.717) is 0 Å². The molecule has 1 N–H and O–H groups in total. The first kappa shape index (κ1) is 6.03. The van der Waals surface area contributed by atoms with E-state index in [4.69, 9.17) is 0 Å². The van der Waals surface area contributed by atoms with Crippen LogP contribution >= 0.6 is 11.8 Å². The lowest BCUT2D eigenvalue weighted by Crippen LogP contribution is -2.23. The Hall–Kier alpha value is -0.710. The van der Waals surface area contributed by atoms with Crippen LogP contribution in [0, 0.1) is 6.92 Å². The van der Waals surface area contributed by atoms with E-state index in [1.807, 2.05) is 11.6 Å². The van der Waals surface area contributed by atoms with Gasteiger partial charge in [0.25, 0.3) is 0 Å². The molecule has 0 aliphatic carbocycles. The molecule has 0 saturated heterocycles. The lowest BCUT2D eigenvalue weighted by molar-refractivity contribution is 0.731. The molecule has 1 aliphatic heterocycles. The van der Waals surface area contributed by atoms with Gasteiger partial charge in [-0.2, -0.15) is 0 Å². The highest BCUT2D eigenvalue weighted by molar-refractivity contribution is 7.99. The Labute approximate surface area is 63.0 Å². The van der Waals surface area contributed by atoms with Crippen molar-refractivity contribution in [1.29, 1.82) is 0 Å². The van der Waals surface area contributed by atoms with Crippen LogP contribution in [0.2, 0.25) is 0 Å². The summed E-state index contributed by atoms with van der Waals surface area (Å²) in [5.74, 6) is 2.01. The molecule has 4 nitrogen and oxygen atoms in total. The fraction of sp³-hybridized carbons (Fsp3) is 0.600. The van der Waals surface area contributed by atoms with E-state index < -0.39 is 0 Å². The first-order valence-electron chi connectivity index (χ1n) is 3.16. The third kappa shape index (κ3) is 0.775. The third-order valence-electron chi connectivity index (χ3n) is 1.40. The van der Waals surface area contributed by atoms with Gasteiger partial charge in [-0.1, -0.05) is 11.8 Å². The number of nitrogens with one attached hydrogen (secondary N) is 1. The number of aryl methyl sites for hydroxylation is 1. The van der Waals surface area contributed by atoms with Gasteiger partial charge < -0.3 is 5.43 Å². The summed E-state index contributed by atoms with van der Waals surface area (Å²) in [5, 5.41) is 8.87. The normalized spacial score (nSPS) is 16.1. The molecule has 0 aromatic carbocycles. The monoisotopic (exact) mass is 156 g/mol. The van der Waals surface area contributed by atoms with Crippen LogP contribution in [-0.4, -0.2) is 27.2 Å². The second-order valence-electron chi connectivity index (χ2n) is 2.12. The van der Waals surface area contributed by atoms with Crippen LogP contribution in [0.1, 0.15) is 5.82 Å². The van der Waals surface area contributed by atoms with Crippen molar-refractivity contribution in [3.05, 3.63) is 5.82 Å². The molecule has 0 fully saturated rings. The van der Waals surface area contributed by atoms with Crippen LogP contribution in [0.4, 0.5) is 0 Å². The van der Waals surface area contributed by atoms with Gasteiger partial charge in [-0.3, -0.25) is 0 Å². The van der Waals surface area contributed by atoms with E-state index in [1.165, 1.54) is 0 Å². The molecular weight excluding hydrogens is 148 g/mol. The highest BCUT2D eigenvalue weighted by atomic mass is 32.2. The SMILES string of the molecule is Cc1nnc2n1NCCS2. The summed E-state index contributed by atoms with van der Waals surface area (Å²) >= 11 is 1.74. The van der Waals surface area contributed by atoms with Gasteiger partial charge in [0, 0.05) is 12.3 Å². The van der Waals surface area contributed by atoms with E-state index in [1.54, 1.807) is 11.8 Å². The Morgan fingerprint density at radius 1 is 1.60 bits per heavy atom. The summed E-state index contributed by atoms with van der Waals surface area (Å²) < 4.78 is 1.92. The maximum Gasteiger partial charge on any atom is 0.210 e. The quantitative estimate of drug-likeness (QED) is 0.584. The molecule has 1 aromatic heterocycles. The molecule has 2 rings (SSSR count). The zero-order valence-electron chi connectivity index (χ0n) is 5.66. The van der Waals surface area contributed by atoms with Crippen molar-refractivity contribution in [3.8, 4) is 0 Å². The molecule has 1 aliphatic rings. The third-order valence-corrected chi connectivity index (χ3v) is 2.33. The standard InChI is InChI=1S/C5H8N4S/c1-4-7-8-5-9(4)6-2-3-10-5/h6H,2-3H2,1H3. The Morgan fingerprint density at radius 2 is 2.50 bits per heavy atom. The predicted molar refractivity (Wildman–Crippen MR) is 39.7 cm³/mol. The van der Waals surface area contributed by atoms with Crippen molar-refractivity contribution in [2.45, 2.75) is 12.1 Å². The van der Waals surface area contributed by atoms with E-state index >= 15 is 0 Å². The molecule has 1 aromatic rings. The second kappa shape index (κ2) is 2.16. The fourth-order valence-electron chi connectivity index (χ4n) is 0.918. The summed E-state index contributed by atoms with van der Waals surface area (Å²) in [4.78, 5) is 0. The van der Waals surface area contributed by atoms with Crippen LogP contribution in [0.25, 0.3) is 0 Å². The molecule has 0 unspecified atom stereocenters. The second-order valence-corrected chi connectivity index (χ2v) is 3.18. The van der Waals surface area contributed by atoms with Crippen LogP contribution in [0.5, 0.6) is 0 Å². The van der Waals surface area contributed by atoms with E-state index in [-0.39, 0.29) is 0 Å². The summed E-state index contributed by atoms with van der Waals surface area (Å²) in [6.45, 7) is 2.94. The fourth-order valence-corrected chi connectivity index (χ4v) is 1.72. The van der Waals surface area contributed by atoms with Crippen molar-refractivity contribution in [2.24, 2.45) is 0 Å². The Bertz CT molecular complexity index is 244. The summed E-state index contributed by atoms with van der Waals surface area (Å²) in [6.07, 6.45) is 0. The molecule has 0 atom stereocenters. The van der Waals surface area contributed by atoms with Crippen molar-refractivity contribution in [3.63, 3.8) is 0 Å². The number of fused-ring (bicyclic) bond motifs is 1. The molecule has 0 spiro atoms. The molecule has 5 heteroatoms. The number of aromatic nitrogens is 3. The van der Waals surface area contributed by atoms with Crippen LogP contribution in [0.15, 0.2) is 5.16 Å². The van der Waals surface area contributed by atoms with Crippen molar-refractivity contribution in [2.75, 3.05) is 17.7 Å². The first-order chi connectivity index (χ1) is 4.88. The zero-order chi connectivity index (χ0) is 6.97. The molecule has 2 heterocycles. The van der Waals surface area contributed by atoms with Gasteiger partial charge in [-0.05, 0) is 6.92 Å². The van der Waals surface area contributed by atoms with Gasteiger partial charge in [-0.15, -0.1) is 10.2 Å². The van der Waals surface area contributed by atoms with E-state index in [2.05, 4.69) is 15.6 Å². The van der Waals surface area contributed by atoms with Gasteiger partial charge >= 0.3 is 0 Å². The molecule has 54 valence electrons. The number of nitrogens with zero attached hydrogens (tertiary/aromatic N) is 3. The number of hydrogen-bond acceptors (Lipinski definition) is 4. The largest absolute Gasteiger partial charge is 0.321 e. The predicted octanol–water partition coefficient (Wildman–Crippen LogP) is 0.236. The first-order valence-corrected chi connectivity index (χ1v) is 4.15. The smallest absolute Gasteiger partial charge is 0.210 e. The number of rotatable bonds is 0. The van der Waals surface area contributed by atoms with Gasteiger partial charge in [0.2, 0.25) is 5.16 Å². The van der Waals surface area contributed by atoms with Crippen LogP contribution < -0.4 is 5.43 Å². The van der Waals surface area contributed by atoms with Gasteiger partial charge in [-0.25, -0.2) is 4.68 Å². The Morgan fingerprint density at radius 3 is 3.30 bits per heavy atom. The highest BCUT2D eigenvalue weighted by Gasteiger charge is 2.11. The maximum absolute atomic E-state index is 3.97. The summed E-state index contributed by atoms with van der Waals surface area (Å²) in [6, 6.07) is 0. The maximum atomic E-state index is 3.97. The molecule has 10 heavy (non-hydrogen) atoms. The van der Waals surface area contributed by atoms with E-state index in [9.17, 15) is 0 Å². The van der Waals surface area contributed by atoms with Crippen molar-refractivity contribution < 1.29 is 0 Å². The van der Waals surface area contributed by atoms with Crippen LogP contribution in [0.3, 0.4) is 0 Å². The van der Waals surface area contributed by atoms with E-state index in [0.717, 1.165) is 23.3 Å². The molecule has 0 bridgehead atoms. The van der Waals surface area contributed by atoms with Crippen molar-refractivity contribution >= 4 is 11.8 Å². The highest BCUT2D eigenvalue weighted by Crippen LogP contribution is 2.17. The van der Waals surface area contributed by atoms with Gasteiger partial charge in [0.1, 0.15) is 5.82 Å². The Kier molecular flexibility index (Phi) is 1.30. The van der Waals surface area contributed by atoms with Crippen LogP contribution in [-0.2, 0) is 0 Å². The van der Waals surface area contributed by atoms with Gasteiger partial charge in [0.15, 0.2) is 0 Å². The number of hydrogen-bond donors (Lipinski definition) is 1. The number of thioether (sulfide) groups is 1. The molecule has 0 radical (unpaired) electrons. The minimum Gasteiger partial charge on any atom is -0.321 e. The lowest BCUT2D eigenvalue weighted by atomic mass is 10.7. The summed E-state index contributed by atoms with van der Waals surface area (Å²) in [5.41, 5.74) is 3.18. The molecular formula is C5H8N4S. The Balaban J connectivity index is 2.45. The minimum atomic E-state index is 0.933. The average Bonchev–Trinajstić information content (AvgIpc) is 2.34. The minimum absolute atomic E-state index is 0.933.